The van der Waals surface area contributed by atoms with Crippen molar-refractivity contribution in [1.29, 1.82) is 0 Å². The first-order chi connectivity index (χ1) is 28.3. The summed E-state index contributed by atoms with van der Waals surface area (Å²) < 4.78 is 0. The molecule has 0 heteroatoms. The molecule has 0 unspecified atom stereocenters. The highest BCUT2D eigenvalue weighted by molar-refractivity contribution is 6.26. The second-order valence-electron chi connectivity index (χ2n) is 15.9. The van der Waals surface area contributed by atoms with Crippen LogP contribution in [0.2, 0.25) is 0 Å². The molecule has 0 amide bonds. The lowest BCUT2D eigenvalue weighted by Gasteiger charge is -2.34. The molecule has 12 aromatic rings. The zero-order chi connectivity index (χ0) is 37.2. The van der Waals surface area contributed by atoms with Crippen LogP contribution in [0.5, 0.6) is 0 Å². The van der Waals surface area contributed by atoms with Gasteiger partial charge in [0.2, 0.25) is 0 Å². The van der Waals surface area contributed by atoms with Crippen LogP contribution in [0.1, 0.15) is 22.3 Å². The minimum Gasteiger partial charge on any atom is -0.0619 e. The maximum atomic E-state index is 2.39. The van der Waals surface area contributed by atoms with Gasteiger partial charge in [0.05, 0.1) is 5.41 Å². The summed E-state index contributed by atoms with van der Waals surface area (Å²) in [4.78, 5) is 0. The predicted octanol–water partition coefficient (Wildman–Crippen LogP) is 15.2. The van der Waals surface area contributed by atoms with E-state index in [4.69, 9.17) is 0 Å². The summed E-state index contributed by atoms with van der Waals surface area (Å²) in [6.45, 7) is 0. The lowest BCUT2D eigenvalue weighted by atomic mass is 9.67. The largest absolute Gasteiger partial charge is 0.0713 e. The molecule has 12 aromatic carbocycles. The molecule has 0 heterocycles. The Hall–Kier alpha value is -7.28. The minimum atomic E-state index is -0.477. The first kappa shape index (κ1) is 31.0. The molecule has 0 bridgehead atoms. The number of hydrogen-bond donors (Lipinski definition) is 0. The molecule has 0 atom stereocenters. The maximum Gasteiger partial charge on any atom is 0.0713 e. The van der Waals surface area contributed by atoms with Crippen molar-refractivity contribution in [3.63, 3.8) is 0 Å². The third-order valence-corrected chi connectivity index (χ3v) is 13.3. The number of rotatable bonds is 4. The summed E-state index contributed by atoms with van der Waals surface area (Å²) >= 11 is 0. The van der Waals surface area contributed by atoms with E-state index in [9.17, 15) is 0 Å². The van der Waals surface area contributed by atoms with Gasteiger partial charge in [-0.25, -0.2) is 0 Å². The fraction of sp³-hybridized carbons (Fsp3) is 0.0175. The SMILES string of the molecule is c1ccc2c(c1)-c1ccccc1C2(c1ccc(-c2ccc3ccc4cccc5ccc2c3c45)cc1)c1ccc(-c2ccc3ccc4cccc5ccc2c3c45)cc1. The summed E-state index contributed by atoms with van der Waals surface area (Å²) in [5.41, 5.74) is 12.3. The van der Waals surface area contributed by atoms with Gasteiger partial charge in [-0.3, -0.25) is 0 Å². The topological polar surface area (TPSA) is 0 Å². The molecule has 57 heavy (non-hydrogen) atoms. The van der Waals surface area contributed by atoms with E-state index in [-0.39, 0.29) is 0 Å². The quantitative estimate of drug-likeness (QED) is 0.159. The Morgan fingerprint density at radius 2 is 0.579 bits per heavy atom. The molecule has 0 N–H and O–H groups in total. The highest BCUT2D eigenvalue weighted by atomic mass is 14.5. The molecule has 0 fully saturated rings. The van der Waals surface area contributed by atoms with Crippen molar-refractivity contribution in [2.45, 2.75) is 5.41 Å². The van der Waals surface area contributed by atoms with Crippen LogP contribution in [0.4, 0.5) is 0 Å². The normalized spacial score (nSPS) is 13.4. The summed E-state index contributed by atoms with van der Waals surface area (Å²) in [5, 5.41) is 15.8. The van der Waals surface area contributed by atoms with Gasteiger partial charge < -0.3 is 0 Å². The molecule has 1 aliphatic carbocycles. The average Bonchev–Trinajstić information content (AvgIpc) is 3.58. The molecule has 0 radical (unpaired) electrons. The van der Waals surface area contributed by atoms with Crippen molar-refractivity contribution < 1.29 is 0 Å². The standard InChI is InChI=1S/C57H34/c1-3-13-51-47(11-1)48-12-2-4-14-52(48)57(51,43-27-19-35(20-28-43)45-31-23-41-17-15-37-7-5-9-39-25-33-49(45)55(41)53(37)39)44-29-21-36(22-30-44)46-32-24-42-18-16-38-8-6-10-40-26-34-50(46)56(42)54(38)40/h1-34H. The van der Waals surface area contributed by atoms with Crippen LogP contribution >= 0.6 is 0 Å². The van der Waals surface area contributed by atoms with Crippen molar-refractivity contribution in [3.8, 4) is 33.4 Å². The lowest BCUT2D eigenvalue weighted by Crippen LogP contribution is -2.28. The smallest absolute Gasteiger partial charge is 0.0619 e. The van der Waals surface area contributed by atoms with Crippen molar-refractivity contribution in [1.82, 2.24) is 0 Å². The zero-order valence-electron chi connectivity index (χ0n) is 31.1. The first-order valence-electron chi connectivity index (χ1n) is 20.0. The summed E-state index contributed by atoms with van der Waals surface area (Å²) in [7, 11) is 0. The summed E-state index contributed by atoms with van der Waals surface area (Å²) in [6.07, 6.45) is 0. The van der Waals surface area contributed by atoms with E-state index in [2.05, 4.69) is 206 Å². The second kappa shape index (κ2) is 11.4. The van der Waals surface area contributed by atoms with Crippen molar-refractivity contribution >= 4 is 64.6 Å². The minimum absolute atomic E-state index is 0.477. The van der Waals surface area contributed by atoms with E-state index in [1.807, 2.05) is 0 Å². The third-order valence-electron chi connectivity index (χ3n) is 13.3. The molecule has 0 saturated heterocycles. The van der Waals surface area contributed by atoms with Crippen LogP contribution in [-0.4, -0.2) is 0 Å². The van der Waals surface area contributed by atoms with Gasteiger partial charge in [-0.1, -0.05) is 206 Å². The van der Waals surface area contributed by atoms with Crippen LogP contribution in [0.25, 0.3) is 98.0 Å². The molecular formula is C57H34. The van der Waals surface area contributed by atoms with Gasteiger partial charge in [-0.05, 0) is 120 Å². The average molecular weight is 719 g/mol. The number of fused-ring (bicyclic) bond motifs is 3. The van der Waals surface area contributed by atoms with E-state index < -0.39 is 5.41 Å². The van der Waals surface area contributed by atoms with Gasteiger partial charge in [0.25, 0.3) is 0 Å². The van der Waals surface area contributed by atoms with Gasteiger partial charge in [0.1, 0.15) is 0 Å². The van der Waals surface area contributed by atoms with Gasteiger partial charge in [-0.15, -0.1) is 0 Å². The molecule has 0 aliphatic heterocycles. The van der Waals surface area contributed by atoms with Crippen molar-refractivity contribution in [3.05, 3.63) is 229 Å². The van der Waals surface area contributed by atoms with E-state index in [0.29, 0.717) is 0 Å². The molecule has 0 spiro atoms. The van der Waals surface area contributed by atoms with Crippen molar-refractivity contribution in [2.24, 2.45) is 0 Å². The predicted molar refractivity (Wildman–Crippen MR) is 242 cm³/mol. The molecule has 13 rings (SSSR count). The van der Waals surface area contributed by atoms with Gasteiger partial charge in [-0.2, -0.15) is 0 Å². The summed E-state index contributed by atoms with van der Waals surface area (Å²) in [5.74, 6) is 0. The maximum absolute atomic E-state index is 2.39. The van der Waals surface area contributed by atoms with E-state index in [1.54, 1.807) is 0 Å². The fourth-order valence-electron chi connectivity index (χ4n) is 10.8. The van der Waals surface area contributed by atoms with Crippen LogP contribution in [0.15, 0.2) is 206 Å². The molecule has 0 aromatic heterocycles. The Labute approximate surface area is 330 Å². The molecule has 262 valence electrons. The Bertz CT molecular complexity index is 3280. The van der Waals surface area contributed by atoms with Crippen LogP contribution < -0.4 is 0 Å². The van der Waals surface area contributed by atoms with Crippen LogP contribution in [0, 0.1) is 0 Å². The van der Waals surface area contributed by atoms with Gasteiger partial charge >= 0.3 is 0 Å². The molecule has 0 nitrogen and oxygen atoms in total. The van der Waals surface area contributed by atoms with E-state index in [0.717, 1.165) is 0 Å². The van der Waals surface area contributed by atoms with Gasteiger partial charge in [0.15, 0.2) is 0 Å². The highest BCUT2D eigenvalue weighted by Crippen LogP contribution is 2.56. The Morgan fingerprint density at radius 3 is 1.00 bits per heavy atom. The summed E-state index contributed by atoms with van der Waals surface area (Å²) in [6, 6.07) is 77.8. The first-order valence-corrected chi connectivity index (χ1v) is 20.0. The van der Waals surface area contributed by atoms with Crippen LogP contribution in [-0.2, 0) is 5.41 Å². The number of benzene rings is 12. The van der Waals surface area contributed by atoms with Crippen LogP contribution in [0.3, 0.4) is 0 Å². The monoisotopic (exact) mass is 718 g/mol. The number of hydrogen-bond acceptors (Lipinski definition) is 0. The lowest BCUT2D eigenvalue weighted by molar-refractivity contribution is 0.769. The third kappa shape index (κ3) is 4.12. The second-order valence-corrected chi connectivity index (χ2v) is 15.9. The Kier molecular flexibility index (Phi) is 6.19. The van der Waals surface area contributed by atoms with E-state index >= 15 is 0 Å². The highest BCUT2D eigenvalue weighted by Gasteiger charge is 2.45. The Balaban J connectivity index is 0.995. The fourth-order valence-corrected chi connectivity index (χ4v) is 10.8. The molecule has 0 saturated carbocycles. The zero-order valence-corrected chi connectivity index (χ0v) is 31.1. The Morgan fingerprint density at radius 1 is 0.228 bits per heavy atom. The molecule has 1 aliphatic rings. The molecular weight excluding hydrogens is 685 g/mol. The van der Waals surface area contributed by atoms with Crippen molar-refractivity contribution in [2.75, 3.05) is 0 Å². The van der Waals surface area contributed by atoms with Gasteiger partial charge in [0, 0.05) is 0 Å². The van der Waals surface area contributed by atoms with E-state index in [1.165, 1.54) is 120 Å².